The zero-order chi connectivity index (χ0) is 16.5. The molecule has 1 atom stereocenters. The smallest absolute Gasteiger partial charge is 0.204 e. The largest absolute Gasteiger partial charge is 0.353 e. The molecule has 0 amide bonds. The summed E-state index contributed by atoms with van der Waals surface area (Å²) in [7, 11) is 0. The number of benzene rings is 1. The molecule has 0 radical (unpaired) electrons. The monoisotopic (exact) mass is 329 g/mol. The Labute approximate surface area is 138 Å². The molecule has 0 bridgehead atoms. The molecule has 124 valence electrons. The number of anilines is 1. The second-order valence-corrected chi connectivity index (χ2v) is 6.09. The van der Waals surface area contributed by atoms with Crippen molar-refractivity contribution in [2.75, 3.05) is 24.7 Å². The summed E-state index contributed by atoms with van der Waals surface area (Å²) < 4.78 is 28.3. The number of hydrogen-bond acceptors (Lipinski definition) is 4. The minimum absolute atomic E-state index is 0.0337. The minimum atomic E-state index is -0.319. The van der Waals surface area contributed by atoms with Crippen molar-refractivity contribution in [3.8, 4) is 11.4 Å². The van der Waals surface area contributed by atoms with Gasteiger partial charge in [-0.2, -0.15) is 0 Å². The molecule has 1 aliphatic heterocycles. The van der Waals surface area contributed by atoms with Crippen molar-refractivity contribution >= 4 is 11.5 Å². The van der Waals surface area contributed by atoms with Crippen LogP contribution in [0.5, 0.6) is 0 Å². The highest BCUT2D eigenvalue weighted by atomic mass is 19.1. The predicted molar refractivity (Wildman–Crippen MR) is 87.1 cm³/mol. The van der Waals surface area contributed by atoms with Crippen LogP contribution in [0.25, 0.3) is 17.0 Å². The van der Waals surface area contributed by atoms with Gasteiger partial charge in [-0.3, -0.25) is 8.79 Å². The van der Waals surface area contributed by atoms with Gasteiger partial charge in [-0.05, 0) is 25.0 Å². The number of alkyl halides is 1. The van der Waals surface area contributed by atoms with E-state index in [1.165, 1.54) is 12.1 Å². The molecule has 5 nitrogen and oxygen atoms in total. The third-order valence-electron chi connectivity index (χ3n) is 4.43. The highest BCUT2D eigenvalue weighted by Crippen LogP contribution is 2.27. The number of rotatable bonds is 3. The van der Waals surface area contributed by atoms with Crippen LogP contribution in [0, 0.1) is 11.7 Å². The van der Waals surface area contributed by atoms with E-state index in [0.717, 1.165) is 19.4 Å². The van der Waals surface area contributed by atoms with Gasteiger partial charge in [0.05, 0.1) is 6.67 Å². The fraction of sp³-hybridized carbons (Fsp3) is 0.353. The van der Waals surface area contributed by atoms with E-state index in [2.05, 4.69) is 20.1 Å². The van der Waals surface area contributed by atoms with Crippen LogP contribution in [0.4, 0.5) is 14.6 Å². The number of piperidine rings is 1. The van der Waals surface area contributed by atoms with Crippen molar-refractivity contribution in [1.29, 1.82) is 0 Å². The van der Waals surface area contributed by atoms with Crippen LogP contribution in [0.15, 0.2) is 36.7 Å². The van der Waals surface area contributed by atoms with Gasteiger partial charge in [-0.15, -0.1) is 10.2 Å². The lowest BCUT2D eigenvalue weighted by Crippen LogP contribution is -2.37. The van der Waals surface area contributed by atoms with Gasteiger partial charge in [0.1, 0.15) is 5.82 Å². The molecule has 0 saturated carbocycles. The molecular weight excluding hydrogens is 312 g/mol. The molecule has 24 heavy (non-hydrogen) atoms. The first-order valence-corrected chi connectivity index (χ1v) is 8.03. The lowest BCUT2D eigenvalue weighted by atomic mass is 10.00. The van der Waals surface area contributed by atoms with Crippen LogP contribution >= 0.6 is 0 Å². The van der Waals surface area contributed by atoms with E-state index in [-0.39, 0.29) is 18.4 Å². The maximum Gasteiger partial charge on any atom is 0.204 e. The fourth-order valence-electron chi connectivity index (χ4n) is 3.24. The summed E-state index contributed by atoms with van der Waals surface area (Å²) in [5.74, 6) is 0.977. The molecular formula is C17H17F2N5. The number of nitrogens with zero attached hydrogens (tertiary/aromatic N) is 5. The van der Waals surface area contributed by atoms with Crippen LogP contribution < -0.4 is 4.90 Å². The van der Waals surface area contributed by atoms with E-state index in [1.807, 2.05) is 0 Å². The van der Waals surface area contributed by atoms with Crippen molar-refractivity contribution in [1.82, 2.24) is 19.6 Å². The third-order valence-corrected chi connectivity index (χ3v) is 4.43. The summed E-state index contributed by atoms with van der Waals surface area (Å²) in [5, 5.41) is 8.45. The van der Waals surface area contributed by atoms with Gasteiger partial charge in [0.25, 0.3) is 0 Å². The van der Waals surface area contributed by atoms with Gasteiger partial charge >= 0.3 is 0 Å². The number of fused-ring (bicyclic) bond motifs is 1. The van der Waals surface area contributed by atoms with E-state index >= 15 is 0 Å². The van der Waals surface area contributed by atoms with Gasteiger partial charge in [-0.1, -0.05) is 12.1 Å². The van der Waals surface area contributed by atoms with E-state index in [0.29, 0.717) is 29.4 Å². The molecule has 7 heteroatoms. The molecule has 2 aromatic heterocycles. The molecule has 0 aliphatic carbocycles. The van der Waals surface area contributed by atoms with Crippen molar-refractivity contribution in [2.45, 2.75) is 12.8 Å². The topological polar surface area (TPSA) is 46.3 Å². The van der Waals surface area contributed by atoms with Crippen molar-refractivity contribution in [3.05, 3.63) is 42.5 Å². The van der Waals surface area contributed by atoms with Crippen LogP contribution in [-0.4, -0.2) is 39.3 Å². The quantitative estimate of drug-likeness (QED) is 0.741. The van der Waals surface area contributed by atoms with Gasteiger partial charge in [0, 0.05) is 37.0 Å². The van der Waals surface area contributed by atoms with Gasteiger partial charge in [-0.25, -0.2) is 9.37 Å². The summed E-state index contributed by atoms with van der Waals surface area (Å²) in [6, 6.07) is 6.26. The Morgan fingerprint density at radius 1 is 1.25 bits per heavy atom. The first-order valence-electron chi connectivity index (χ1n) is 8.03. The first-order chi connectivity index (χ1) is 11.8. The highest BCUT2D eigenvalue weighted by molar-refractivity contribution is 5.68. The summed E-state index contributed by atoms with van der Waals surface area (Å²) in [5.41, 5.74) is 1.26. The summed E-state index contributed by atoms with van der Waals surface area (Å²) in [4.78, 5) is 6.49. The highest BCUT2D eigenvalue weighted by Gasteiger charge is 2.24. The second-order valence-electron chi connectivity index (χ2n) is 6.09. The summed E-state index contributed by atoms with van der Waals surface area (Å²) >= 11 is 0. The summed E-state index contributed by atoms with van der Waals surface area (Å²) in [6.07, 6.45) is 5.27. The Morgan fingerprint density at radius 2 is 2.17 bits per heavy atom. The fourth-order valence-corrected chi connectivity index (χ4v) is 3.24. The molecule has 0 N–H and O–H groups in total. The number of hydrogen-bond donors (Lipinski definition) is 0. The molecule has 1 saturated heterocycles. The van der Waals surface area contributed by atoms with E-state index in [4.69, 9.17) is 0 Å². The zero-order valence-corrected chi connectivity index (χ0v) is 13.1. The Morgan fingerprint density at radius 3 is 3.00 bits per heavy atom. The standard InChI is InChI=1S/C17H17F2N5/c18-10-12-3-2-7-23(11-12)16-17-22-21-15(24(17)8-6-20-16)13-4-1-5-14(19)9-13/h1,4-6,8-9,12H,2-3,7,10-11H2. The zero-order valence-electron chi connectivity index (χ0n) is 13.1. The van der Waals surface area contributed by atoms with Gasteiger partial charge in [0.15, 0.2) is 11.6 Å². The van der Waals surface area contributed by atoms with E-state index < -0.39 is 0 Å². The molecule has 3 aromatic rings. The van der Waals surface area contributed by atoms with E-state index in [9.17, 15) is 8.78 Å². The lowest BCUT2D eigenvalue weighted by molar-refractivity contribution is 0.315. The van der Waals surface area contributed by atoms with Gasteiger partial charge < -0.3 is 4.90 Å². The van der Waals surface area contributed by atoms with Crippen LogP contribution in [0.2, 0.25) is 0 Å². The summed E-state index contributed by atoms with van der Waals surface area (Å²) in [6.45, 7) is 1.14. The molecule has 1 unspecified atom stereocenters. The Kier molecular flexibility index (Phi) is 3.84. The van der Waals surface area contributed by atoms with Crippen LogP contribution in [0.3, 0.4) is 0 Å². The Balaban J connectivity index is 1.77. The number of aromatic nitrogens is 4. The SMILES string of the molecule is FCC1CCCN(c2nccn3c(-c4cccc(F)c4)nnc23)C1. The van der Waals surface area contributed by atoms with Crippen LogP contribution in [0.1, 0.15) is 12.8 Å². The minimum Gasteiger partial charge on any atom is -0.353 e. The Bertz CT molecular complexity index is 863. The van der Waals surface area contributed by atoms with Crippen molar-refractivity contribution in [2.24, 2.45) is 5.92 Å². The van der Waals surface area contributed by atoms with Gasteiger partial charge in [0.2, 0.25) is 5.65 Å². The molecule has 1 aromatic carbocycles. The molecule has 1 fully saturated rings. The molecule has 3 heterocycles. The first kappa shape index (κ1) is 15.0. The normalized spacial score (nSPS) is 18.2. The molecule has 4 rings (SSSR count). The van der Waals surface area contributed by atoms with Crippen LogP contribution in [-0.2, 0) is 0 Å². The average Bonchev–Trinajstić information content (AvgIpc) is 3.06. The molecule has 1 aliphatic rings. The van der Waals surface area contributed by atoms with Crippen molar-refractivity contribution < 1.29 is 8.78 Å². The number of halogens is 2. The van der Waals surface area contributed by atoms with E-state index in [1.54, 1.807) is 28.9 Å². The average molecular weight is 329 g/mol. The third kappa shape index (κ3) is 2.60. The Hall–Kier alpha value is -2.57. The maximum atomic E-state index is 13.5. The maximum absolute atomic E-state index is 13.5. The van der Waals surface area contributed by atoms with Crippen molar-refractivity contribution in [3.63, 3.8) is 0 Å². The molecule has 0 spiro atoms. The lowest BCUT2D eigenvalue weighted by Gasteiger charge is -2.32. The predicted octanol–water partition coefficient (Wildman–Crippen LogP) is 3.12. The second kappa shape index (κ2) is 6.14.